The number of furan rings is 1. The van der Waals surface area contributed by atoms with Gasteiger partial charge in [0.25, 0.3) is 0 Å². The van der Waals surface area contributed by atoms with E-state index in [1.165, 1.54) is 32.5 Å². The molecule has 6 aromatic carbocycles. The van der Waals surface area contributed by atoms with Gasteiger partial charge in [-0.3, -0.25) is 0 Å². The molecule has 8 aromatic rings. The van der Waals surface area contributed by atoms with Gasteiger partial charge < -0.3 is 9.73 Å². The molecular formula is C42H32N4OS. The van der Waals surface area contributed by atoms with Gasteiger partial charge in [0, 0.05) is 38.0 Å². The summed E-state index contributed by atoms with van der Waals surface area (Å²) in [6.45, 7) is 6.66. The van der Waals surface area contributed by atoms with Crippen molar-refractivity contribution < 1.29 is 4.42 Å². The third-order valence-corrected chi connectivity index (χ3v) is 10.4. The fourth-order valence-electron chi connectivity index (χ4n) is 6.59. The highest BCUT2D eigenvalue weighted by molar-refractivity contribution is 8.00. The smallest absolute Gasteiger partial charge is 0.164 e. The van der Waals surface area contributed by atoms with Crippen molar-refractivity contribution in [1.82, 2.24) is 15.0 Å². The Bertz CT molecular complexity index is 2500. The normalized spacial score (nSPS) is 14.4. The Morgan fingerprint density at radius 1 is 0.604 bits per heavy atom. The molecule has 5 nitrogen and oxygen atoms in total. The van der Waals surface area contributed by atoms with Crippen LogP contribution in [0.15, 0.2) is 137 Å². The van der Waals surface area contributed by atoms with Crippen LogP contribution in [-0.4, -0.2) is 15.0 Å². The molecule has 0 spiro atoms. The SMILES string of the molecule is CC(C)(C)c1ccc(-c2nc(-c3ccccc3)nc(-c3ccc4c(c3)oc3cccc(C5Nc6ccc7ccccc7c6S5)c34)n2)cc1. The van der Waals surface area contributed by atoms with Crippen LogP contribution in [0.5, 0.6) is 0 Å². The Kier molecular flexibility index (Phi) is 6.63. The van der Waals surface area contributed by atoms with E-state index in [9.17, 15) is 0 Å². The number of benzene rings is 6. The molecule has 0 radical (unpaired) electrons. The second kappa shape index (κ2) is 11.1. The summed E-state index contributed by atoms with van der Waals surface area (Å²) in [5.74, 6) is 1.89. The average molecular weight is 641 g/mol. The van der Waals surface area contributed by atoms with E-state index >= 15 is 0 Å². The Morgan fingerprint density at radius 3 is 2.06 bits per heavy atom. The standard InChI is InChI=1S/C42H32N4OS/c1-42(2,3)29-20-16-27(17-21-29)39-44-38(26-11-5-4-6-12-26)45-40(46-39)28-18-22-31-35(24-28)47-34-15-9-14-32(36(31)34)41-43-33-23-19-25-10-7-8-13-30(25)37(33)48-41/h4-24,41,43H,1-3H3. The molecule has 0 amide bonds. The van der Waals surface area contributed by atoms with Gasteiger partial charge in [-0.05, 0) is 51.6 Å². The van der Waals surface area contributed by atoms with Crippen LogP contribution < -0.4 is 5.32 Å². The topological polar surface area (TPSA) is 63.8 Å². The first-order chi connectivity index (χ1) is 23.4. The highest BCUT2D eigenvalue weighted by atomic mass is 32.2. The van der Waals surface area contributed by atoms with Gasteiger partial charge >= 0.3 is 0 Å². The van der Waals surface area contributed by atoms with Crippen molar-refractivity contribution in [2.45, 2.75) is 36.5 Å². The molecule has 0 saturated heterocycles. The van der Waals surface area contributed by atoms with E-state index in [2.05, 4.69) is 123 Å². The molecule has 1 atom stereocenters. The second-order valence-electron chi connectivity index (χ2n) is 13.3. The van der Waals surface area contributed by atoms with Crippen LogP contribution in [0.3, 0.4) is 0 Å². The summed E-state index contributed by atoms with van der Waals surface area (Å²) in [4.78, 5) is 16.2. The van der Waals surface area contributed by atoms with E-state index in [4.69, 9.17) is 19.4 Å². The van der Waals surface area contributed by atoms with Crippen LogP contribution in [0.1, 0.15) is 37.3 Å². The van der Waals surface area contributed by atoms with Gasteiger partial charge in [-0.1, -0.05) is 136 Å². The number of aromatic nitrogens is 3. The molecule has 1 aliphatic heterocycles. The molecule has 1 N–H and O–H groups in total. The molecule has 6 heteroatoms. The van der Waals surface area contributed by atoms with Crippen molar-refractivity contribution in [2.24, 2.45) is 0 Å². The van der Waals surface area contributed by atoms with Gasteiger partial charge in [-0.2, -0.15) is 0 Å². The maximum absolute atomic E-state index is 6.53. The van der Waals surface area contributed by atoms with Crippen molar-refractivity contribution in [2.75, 3.05) is 5.32 Å². The fourth-order valence-corrected chi connectivity index (χ4v) is 7.91. The minimum atomic E-state index is 0.0602. The highest BCUT2D eigenvalue weighted by Crippen LogP contribution is 2.51. The lowest BCUT2D eigenvalue weighted by atomic mass is 9.87. The van der Waals surface area contributed by atoms with Gasteiger partial charge in [0.15, 0.2) is 17.5 Å². The van der Waals surface area contributed by atoms with E-state index < -0.39 is 0 Å². The maximum atomic E-state index is 6.53. The number of hydrogen-bond donors (Lipinski definition) is 1. The molecule has 2 aromatic heterocycles. The molecule has 9 rings (SSSR count). The van der Waals surface area contributed by atoms with Crippen LogP contribution in [0.4, 0.5) is 5.69 Å². The summed E-state index contributed by atoms with van der Waals surface area (Å²) in [5, 5.41) is 8.58. The van der Waals surface area contributed by atoms with E-state index in [0.29, 0.717) is 17.5 Å². The van der Waals surface area contributed by atoms with Crippen LogP contribution in [0.2, 0.25) is 0 Å². The zero-order valence-electron chi connectivity index (χ0n) is 26.9. The molecule has 0 bridgehead atoms. The first-order valence-corrected chi connectivity index (χ1v) is 17.1. The number of nitrogens with one attached hydrogen (secondary N) is 1. The Hall–Kier alpha value is -5.46. The van der Waals surface area contributed by atoms with Gasteiger partial charge in [0.05, 0.1) is 0 Å². The largest absolute Gasteiger partial charge is 0.456 e. The quantitative estimate of drug-likeness (QED) is 0.206. The number of thioether (sulfide) groups is 1. The molecule has 3 heterocycles. The molecule has 232 valence electrons. The summed E-state index contributed by atoms with van der Waals surface area (Å²) in [6, 6.07) is 44.2. The fraction of sp³-hybridized carbons (Fsp3) is 0.119. The molecule has 0 fully saturated rings. The summed E-state index contributed by atoms with van der Waals surface area (Å²) >= 11 is 1.87. The van der Waals surface area contributed by atoms with Crippen molar-refractivity contribution >= 4 is 50.2 Å². The molecule has 48 heavy (non-hydrogen) atoms. The van der Waals surface area contributed by atoms with Crippen molar-refractivity contribution in [3.63, 3.8) is 0 Å². The maximum Gasteiger partial charge on any atom is 0.164 e. The third-order valence-electron chi connectivity index (χ3n) is 9.15. The molecular weight excluding hydrogens is 609 g/mol. The number of anilines is 1. The van der Waals surface area contributed by atoms with Crippen LogP contribution in [0, 0.1) is 0 Å². The van der Waals surface area contributed by atoms with Crippen molar-refractivity contribution in [1.29, 1.82) is 0 Å². The van der Waals surface area contributed by atoms with Crippen molar-refractivity contribution in [3.8, 4) is 34.2 Å². The molecule has 0 aliphatic carbocycles. The number of hydrogen-bond acceptors (Lipinski definition) is 6. The zero-order valence-corrected chi connectivity index (χ0v) is 27.7. The Morgan fingerprint density at radius 2 is 1.29 bits per heavy atom. The Balaban J connectivity index is 1.13. The first kappa shape index (κ1) is 28.7. The number of nitrogens with zero attached hydrogens (tertiary/aromatic N) is 3. The minimum Gasteiger partial charge on any atom is -0.456 e. The molecule has 0 saturated carbocycles. The summed E-state index contributed by atoms with van der Waals surface area (Å²) < 4.78 is 6.53. The van der Waals surface area contributed by atoms with E-state index in [1.54, 1.807) is 0 Å². The van der Waals surface area contributed by atoms with Gasteiger partial charge in [0.1, 0.15) is 16.5 Å². The number of rotatable bonds is 4. The average Bonchev–Trinajstić information content (AvgIpc) is 3.73. The summed E-state index contributed by atoms with van der Waals surface area (Å²) in [5.41, 5.74) is 8.14. The third kappa shape index (κ3) is 4.92. The highest BCUT2D eigenvalue weighted by Gasteiger charge is 2.27. The molecule has 1 unspecified atom stereocenters. The lowest BCUT2D eigenvalue weighted by Crippen LogP contribution is -2.10. The lowest BCUT2D eigenvalue weighted by Gasteiger charge is -2.19. The van der Waals surface area contributed by atoms with Gasteiger partial charge in [-0.15, -0.1) is 0 Å². The minimum absolute atomic E-state index is 0.0602. The first-order valence-electron chi connectivity index (χ1n) is 16.2. The van der Waals surface area contributed by atoms with E-state index in [1.807, 2.05) is 42.1 Å². The van der Waals surface area contributed by atoms with Gasteiger partial charge in [-0.25, -0.2) is 15.0 Å². The predicted octanol–water partition coefficient (Wildman–Crippen LogP) is 11.4. The number of fused-ring (bicyclic) bond motifs is 6. The molecule has 1 aliphatic rings. The van der Waals surface area contributed by atoms with E-state index in [-0.39, 0.29) is 10.8 Å². The lowest BCUT2D eigenvalue weighted by molar-refractivity contribution is 0.590. The van der Waals surface area contributed by atoms with Crippen LogP contribution >= 0.6 is 11.8 Å². The Labute approximate surface area is 283 Å². The summed E-state index contributed by atoms with van der Waals surface area (Å²) in [7, 11) is 0. The zero-order chi connectivity index (χ0) is 32.4. The predicted molar refractivity (Wildman–Crippen MR) is 198 cm³/mol. The summed E-state index contributed by atoms with van der Waals surface area (Å²) in [6.07, 6.45) is 0. The second-order valence-corrected chi connectivity index (χ2v) is 14.5. The van der Waals surface area contributed by atoms with Crippen LogP contribution in [-0.2, 0) is 5.41 Å². The van der Waals surface area contributed by atoms with Crippen molar-refractivity contribution in [3.05, 3.63) is 139 Å². The van der Waals surface area contributed by atoms with E-state index in [0.717, 1.165) is 38.6 Å². The van der Waals surface area contributed by atoms with Gasteiger partial charge in [0.2, 0.25) is 0 Å². The monoisotopic (exact) mass is 640 g/mol. The van der Waals surface area contributed by atoms with Crippen LogP contribution in [0.25, 0.3) is 66.9 Å².